The highest BCUT2D eigenvalue weighted by atomic mass is 127. The van der Waals surface area contributed by atoms with Gasteiger partial charge in [0, 0.05) is 22.6 Å². The van der Waals surface area contributed by atoms with E-state index in [1.807, 2.05) is 30.3 Å². The molecule has 1 N–H and O–H groups in total. The Kier molecular flexibility index (Phi) is 10.2. The van der Waals surface area contributed by atoms with E-state index >= 15 is 0 Å². The molecule has 0 bridgehead atoms. The lowest BCUT2D eigenvalue weighted by atomic mass is 10.0. The summed E-state index contributed by atoms with van der Waals surface area (Å²) in [5, 5.41) is 3.13. The lowest BCUT2D eigenvalue weighted by molar-refractivity contribution is -0.140. The molecule has 3 aromatic rings. The third-order valence-electron chi connectivity index (χ3n) is 7.03. The van der Waals surface area contributed by atoms with Crippen molar-refractivity contribution in [3.63, 3.8) is 0 Å². The number of anilines is 1. The van der Waals surface area contributed by atoms with E-state index in [1.54, 1.807) is 36.4 Å². The average Bonchev–Trinajstić information content (AvgIpc) is 3.44. The van der Waals surface area contributed by atoms with Gasteiger partial charge in [0.25, 0.3) is 0 Å². The summed E-state index contributed by atoms with van der Waals surface area (Å²) in [6.07, 6.45) is 5.12. The third-order valence-corrected chi connectivity index (χ3v) is 8.89. The standard InChI is InChI=1S/C30H33FIN3O4S/c1-40(38,39)35(27-17-15-25(32)16-18-27)21-29(36)34(20-23-11-13-24(31)14-12-23)28(19-22-7-3-2-4-8-22)30(37)33-26-9-5-6-10-26/h2-4,7-8,11-18,26,28H,5-6,9-10,19-21H2,1H3,(H,33,37)/t28-/m0/s1. The van der Waals surface area contributed by atoms with Gasteiger partial charge in [-0.15, -0.1) is 0 Å². The highest BCUT2D eigenvalue weighted by molar-refractivity contribution is 14.1. The number of sulfonamides is 1. The first-order chi connectivity index (χ1) is 19.1. The molecular formula is C30H33FIN3O4S. The summed E-state index contributed by atoms with van der Waals surface area (Å²) in [7, 11) is -3.83. The van der Waals surface area contributed by atoms with E-state index in [4.69, 9.17) is 0 Å². The van der Waals surface area contributed by atoms with E-state index in [2.05, 4.69) is 27.9 Å². The molecule has 4 rings (SSSR count). The first-order valence-corrected chi connectivity index (χ1v) is 16.1. The molecule has 1 saturated carbocycles. The molecular weight excluding hydrogens is 644 g/mol. The molecule has 40 heavy (non-hydrogen) atoms. The van der Waals surface area contributed by atoms with Crippen LogP contribution in [-0.2, 0) is 32.6 Å². The molecule has 1 aliphatic carbocycles. The number of rotatable bonds is 11. The van der Waals surface area contributed by atoms with Gasteiger partial charge in [-0.3, -0.25) is 13.9 Å². The van der Waals surface area contributed by atoms with Crippen LogP contribution in [0.1, 0.15) is 36.8 Å². The van der Waals surface area contributed by atoms with E-state index in [0.29, 0.717) is 11.3 Å². The van der Waals surface area contributed by atoms with Gasteiger partial charge in [-0.1, -0.05) is 55.3 Å². The molecule has 1 atom stereocenters. The molecule has 0 radical (unpaired) electrons. The highest BCUT2D eigenvalue weighted by Crippen LogP contribution is 2.23. The van der Waals surface area contributed by atoms with E-state index in [1.165, 1.54) is 17.0 Å². The first-order valence-electron chi connectivity index (χ1n) is 13.2. The molecule has 1 aliphatic rings. The zero-order valence-electron chi connectivity index (χ0n) is 22.3. The number of benzene rings is 3. The lowest BCUT2D eigenvalue weighted by Gasteiger charge is -2.34. The van der Waals surface area contributed by atoms with Crippen molar-refractivity contribution < 1.29 is 22.4 Å². The molecule has 0 unspecified atom stereocenters. The highest BCUT2D eigenvalue weighted by Gasteiger charge is 2.34. The summed E-state index contributed by atoms with van der Waals surface area (Å²) < 4.78 is 41.3. The van der Waals surface area contributed by atoms with Crippen LogP contribution in [-0.4, -0.2) is 50.0 Å². The fraction of sp³-hybridized carbons (Fsp3) is 0.333. The second kappa shape index (κ2) is 13.6. The number of hydrogen-bond donors (Lipinski definition) is 1. The SMILES string of the molecule is CS(=O)(=O)N(CC(=O)N(Cc1ccc(F)cc1)[C@@H](Cc1ccccc1)C(=O)NC1CCCC1)c1ccc(I)cc1. The summed E-state index contributed by atoms with van der Waals surface area (Å²) in [6.45, 7) is -0.471. The Hall–Kier alpha value is -2.99. The number of hydrogen-bond acceptors (Lipinski definition) is 4. The van der Waals surface area contributed by atoms with Gasteiger partial charge in [-0.05, 0) is 83.0 Å². The van der Waals surface area contributed by atoms with Crippen LogP contribution in [0, 0.1) is 9.39 Å². The maximum absolute atomic E-state index is 14.0. The number of halogens is 2. The van der Waals surface area contributed by atoms with Gasteiger partial charge in [0.15, 0.2) is 0 Å². The second-order valence-corrected chi connectivity index (χ2v) is 13.2. The number of nitrogens with zero attached hydrogens (tertiary/aromatic N) is 2. The smallest absolute Gasteiger partial charge is 0.244 e. The lowest BCUT2D eigenvalue weighted by Crippen LogP contribution is -2.54. The molecule has 0 spiro atoms. The molecule has 1 fully saturated rings. The molecule has 0 saturated heterocycles. The van der Waals surface area contributed by atoms with Crippen LogP contribution in [0.4, 0.5) is 10.1 Å². The maximum atomic E-state index is 14.0. The third kappa shape index (κ3) is 8.26. The van der Waals surface area contributed by atoms with Gasteiger partial charge in [0.05, 0.1) is 11.9 Å². The van der Waals surface area contributed by atoms with Crippen LogP contribution < -0.4 is 9.62 Å². The Bertz CT molecular complexity index is 1400. The van der Waals surface area contributed by atoms with Gasteiger partial charge < -0.3 is 10.2 Å². The van der Waals surface area contributed by atoms with Crippen LogP contribution in [0.2, 0.25) is 0 Å². The van der Waals surface area contributed by atoms with Crippen molar-refractivity contribution in [1.29, 1.82) is 0 Å². The Morgan fingerprint density at radius 3 is 2.17 bits per heavy atom. The monoisotopic (exact) mass is 677 g/mol. The number of carbonyl (C=O) groups excluding carboxylic acids is 2. The van der Waals surface area contributed by atoms with E-state index < -0.39 is 34.3 Å². The molecule has 7 nitrogen and oxygen atoms in total. The Balaban J connectivity index is 1.71. The molecule has 0 aromatic heterocycles. The van der Waals surface area contributed by atoms with E-state index in [0.717, 1.165) is 45.4 Å². The van der Waals surface area contributed by atoms with Crippen LogP contribution in [0.3, 0.4) is 0 Å². The fourth-order valence-electron chi connectivity index (χ4n) is 4.93. The van der Waals surface area contributed by atoms with Gasteiger partial charge in [0.2, 0.25) is 21.8 Å². The average molecular weight is 678 g/mol. The fourth-order valence-corrected chi connectivity index (χ4v) is 6.14. The summed E-state index contributed by atoms with van der Waals surface area (Å²) >= 11 is 2.12. The predicted octanol–water partition coefficient (Wildman–Crippen LogP) is 4.90. The largest absolute Gasteiger partial charge is 0.352 e. The zero-order chi connectivity index (χ0) is 28.7. The minimum Gasteiger partial charge on any atom is -0.352 e. The van der Waals surface area contributed by atoms with E-state index in [9.17, 15) is 22.4 Å². The molecule has 0 aliphatic heterocycles. The minimum absolute atomic E-state index is 0.0129. The van der Waals surface area contributed by atoms with Crippen LogP contribution in [0.5, 0.6) is 0 Å². The van der Waals surface area contributed by atoms with Gasteiger partial charge in [-0.2, -0.15) is 0 Å². The van der Waals surface area contributed by atoms with Crippen molar-refractivity contribution in [3.05, 3.63) is 99.4 Å². The van der Waals surface area contributed by atoms with Crippen LogP contribution in [0.15, 0.2) is 78.9 Å². The number of carbonyl (C=O) groups is 2. The molecule has 0 heterocycles. The van der Waals surface area contributed by atoms with Gasteiger partial charge >= 0.3 is 0 Å². The van der Waals surface area contributed by atoms with Crippen molar-refractivity contribution in [2.24, 2.45) is 0 Å². The minimum atomic E-state index is -3.83. The quantitative estimate of drug-likeness (QED) is 0.293. The van der Waals surface area contributed by atoms with Crippen LogP contribution >= 0.6 is 22.6 Å². The Morgan fingerprint density at radius 1 is 0.950 bits per heavy atom. The summed E-state index contributed by atoms with van der Waals surface area (Å²) in [4.78, 5) is 29.3. The predicted molar refractivity (Wildman–Crippen MR) is 163 cm³/mol. The van der Waals surface area contributed by atoms with Crippen molar-refractivity contribution >= 4 is 50.1 Å². The Labute approximate surface area is 248 Å². The van der Waals surface area contributed by atoms with Crippen LogP contribution in [0.25, 0.3) is 0 Å². The summed E-state index contributed by atoms with van der Waals surface area (Å²) in [5.41, 5.74) is 1.85. The van der Waals surface area contributed by atoms with Crippen molar-refractivity contribution in [1.82, 2.24) is 10.2 Å². The van der Waals surface area contributed by atoms with Crippen molar-refractivity contribution in [2.75, 3.05) is 17.1 Å². The molecule has 2 amide bonds. The number of amides is 2. The zero-order valence-corrected chi connectivity index (χ0v) is 25.3. The van der Waals surface area contributed by atoms with E-state index in [-0.39, 0.29) is 24.9 Å². The summed E-state index contributed by atoms with van der Waals surface area (Å²) in [5.74, 6) is -1.23. The first kappa shape index (κ1) is 30.0. The Morgan fingerprint density at radius 2 is 1.57 bits per heavy atom. The van der Waals surface area contributed by atoms with Crippen molar-refractivity contribution in [2.45, 2.75) is 50.7 Å². The molecule has 3 aromatic carbocycles. The van der Waals surface area contributed by atoms with Gasteiger partial charge in [0.1, 0.15) is 18.4 Å². The summed E-state index contributed by atoms with van der Waals surface area (Å²) in [6, 6.07) is 21.1. The molecule has 212 valence electrons. The van der Waals surface area contributed by atoms with Crippen molar-refractivity contribution in [3.8, 4) is 0 Å². The second-order valence-electron chi connectivity index (χ2n) is 10.1. The normalized spacial score (nSPS) is 14.5. The molecule has 10 heteroatoms. The topological polar surface area (TPSA) is 86.8 Å². The van der Waals surface area contributed by atoms with Gasteiger partial charge in [-0.25, -0.2) is 12.8 Å². The maximum Gasteiger partial charge on any atom is 0.244 e. The number of nitrogens with one attached hydrogen (secondary N) is 1.